The lowest BCUT2D eigenvalue weighted by Gasteiger charge is -2.35. The number of carbonyl (C=O) groups is 1. The van der Waals surface area contributed by atoms with E-state index in [1.54, 1.807) is 0 Å². The van der Waals surface area contributed by atoms with Gasteiger partial charge in [-0.2, -0.15) is 0 Å². The molecule has 0 amide bonds. The second-order valence-electron chi connectivity index (χ2n) is 6.58. The van der Waals surface area contributed by atoms with E-state index in [9.17, 15) is 4.79 Å². The molecule has 2 aromatic carbocycles. The minimum atomic E-state index is -0.0644. The summed E-state index contributed by atoms with van der Waals surface area (Å²) in [5.74, 6) is 0.492. The highest BCUT2D eigenvalue weighted by Crippen LogP contribution is 2.26. The highest BCUT2D eigenvalue weighted by atomic mass is 16.1. The van der Waals surface area contributed by atoms with Gasteiger partial charge in [-0.15, -0.1) is 0 Å². The first-order chi connectivity index (χ1) is 11.1. The maximum absolute atomic E-state index is 11.8. The molecule has 0 spiro atoms. The topological polar surface area (TPSA) is 20.3 Å². The van der Waals surface area contributed by atoms with Crippen molar-refractivity contribution in [1.82, 2.24) is 4.90 Å². The lowest BCUT2D eigenvalue weighted by molar-refractivity contribution is -0.114. The summed E-state index contributed by atoms with van der Waals surface area (Å²) in [5, 5.41) is 0. The average molecular weight is 309 g/mol. The van der Waals surface area contributed by atoms with Gasteiger partial charge in [0.25, 0.3) is 0 Å². The number of carbonyl (C=O) groups excluding carboxylic acids is 1. The van der Waals surface area contributed by atoms with Gasteiger partial charge in [-0.3, -0.25) is 4.90 Å². The fourth-order valence-corrected chi connectivity index (χ4v) is 3.01. The minimum Gasteiger partial charge on any atom is -0.302 e. The smallest absolute Gasteiger partial charge is 0.137 e. The Labute approximate surface area is 140 Å². The molecule has 0 aromatic heterocycles. The molecule has 0 radical (unpaired) electrons. The van der Waals surface area contributed by atoms with Crippen LogP contribution < -0.4 is 0 Å². The van der Waals surface area contributed by atoms with Crippen LogP contribution in [-0.4, -0.2) is 17.2 Å². The highest BCUT2D eigenvalue weighted by molar-refractivity contribution is 5.57. The zero-order valence-electron chi connectivity index (χ0n) is 14.4. The van der Waals surface area contributed by atoms with Crippen molar-refractivity contribution in [2.24, 2.45) is 5.92 Å². The van der Waals surface area contributed by atoms with E-state index in [0.717, 1.165) is 19.3 Å². The Morgan fingerprint density at radius 3 is 2.00 bits per heavy atom. The van der Waals surface area contributed by atoms with Crippen LogP contribution in [0.3, 0.4) is 0 Å². The Morgan fingerprint density at radius 1 is 0.913 bits per heavy atom. The molecule has 0 N–H and O–H groups in total. The van der Waals surface area contributed by atoms with Crippen molar-refractivity contribution in [3.63, 3.8) is 0 Å². The summed E-state index contributed by atoms with van der Waals surface area (Å²) in [4.78, 5) is 14.1. The monoisotopic (exact) mass is 309 g/mol. The third kappa shape index (κ3) is 5.04. The number of benzene rings is 2. The van der Waals surface area contributed by atoms with Gasteiger partial charge in [-0.25, -0.2) is 0 Å². The fraction of sp³-hybridized carbons (Fsp3) is 0.381. The quantitative estimate of drug-likeness (QED) is 0.649. The van der Waals surface area contributed by atoms with Crippen LogP contribution in [0.2, 0.25) is 0 Å². The second kappa shape index (κ2) is 8.64. The number of hydrogen-bond acceptors (Lipinski definition) is 2. The molecule has 0 saturated heterocycles. The lowest BCUT2D eigenvalue weighted by atomic mass is 9.98. The molecule has 2 rings (SSSR count). The first kappa shape index (κ1) is 17.4. The molecule has 0 fully saturated rings. The number of aldehydes is 1. The second-order valence-corrected chi connectivity index (χ2v) is 6.58. The van der Waals surface area contributed by atoms with E-state index in [1.807, 2.05) is 12.1 Å². The van der Waals surface area contributed by atoms with Crippen LogP contribution in [0.4, 0.5) is 0 Å². The van der Waals surface area contributed by atoms with Crippen LogP contribution in [0, 0.1) is 5.92 Å². The molecule has 2 atom stereocenters. The Morgan fingerprint density at radius 2 is 1.48 bits per heavy atom. The Kier molecular flexibility index (Phi) is 6.54. The van der Waals surface area contributed by atoms with Crippen LogP contribution in [-0.2, 0) is 11.3 Å². The van der Waals surface area contributed by atoms with E-state index < -0.39 is 0 Å². The van der Waals surface area contributed by atoms with Crippen molar-refractivity contribution < 1.29 is 4.79 Å². The number of rotatable bonds is 8. The largest absolute Gasteiger partial charge is 0.302 e. The lowest BCUT2D eigenvalue weighted by Crippen LogP contribution is -2.39. The third-order valence-electron chi connectivity index (χ3n) is 4.28. The molecule has 23 heavy (non-hydrogen) atoms. The summed E-state index contributed by atoms with van der Waals surface area (Å²) in [6.45, 7) is 7.32. The molecular formula is C21H27NO. The summed E-state index contributed by atoms with van der Waals surface area (Å²) < 4.78 is 0. The summed E-state index contributed by atoms with van der Waals surface area (Å²) in [5.41, 5.74) is 2.49. The van der Waals surface area contributed by atoms with Gasteiger partial charge in [-0.1, -0.05) is 74.5 Å². The maximum atomic E-state index is 11.8. The molecule has 0 aliphatic carbocycles. The molecular weight excluding hydrogens is 282 g/mol. The van der Waals surface area contributed by atoms with E-state index in [1.165, 1.54) is 11.1 Å². The molecule has 0 heterocycles. The molecule has 2 nitrogen and oxygen atoms in total. The number of nitrogens with zero attached hydrogens (tertiary/aromatic N) is 1. The Hall–Kier alpha value is -1.93. The van der Waals surface area contributed by atoms with E-state index in [-0.39, 0.29) is 12.1 Å². The molecule has 0 aliphatic rings. The normalized spacial score (nSPS) is 14.0. The summed E-state index contributed by atoms with van der Waals surface area (Å²) in [7, 11) is 0. The molecule has 0 saturated carbocycles. The van der Waals surface area contributed by atoms with Gasteiger partial charge in [0.1, 0.15) is 6.29 Å². The summed E-state index contributed by atoms with van der Waals surface area (Å²) in [6.07, 6.45) is 2.00. The van der Waals surface area contributed by atoms with Crippen molar-refractivity contribution in [3.8, 4) is 0 Å². The van der Waals surface area contributed by atoms with E-state index in [0.29, 0.717) is 5.92 Å². The number of hydrogen-bond donors (Lipinski definition) is 0. The van der Waals surface area contributed by atoms with Crippen molar-refractivity contribution in [2.75, 3.05) is 0 Å². The van der Waals surface area contributed by atoms with E-state index in [2.05, 4.69) is 74.2 Å². The third-order valence-corrected chi connectivity index (χ3v) is 4.28. The van der Waals surface area contributed by atoms with Gasteiger partial charge >= 0.3 is 0 Å². The van der Waals surface area contributed by atoms with E-state index >= 15 is 0 Å². The first-order valence-electron chi connectivity index (χ1n) is 8.41. The van der Waals surface area contributed by atoms with Crippen LogP contribution in [0.25, 0.3) is 0 Å². The molecule has 122 valence electrons. The minimum absolute atomic E-state index is 0.0644. The van der Waals surface area contributed by atoms with Crippen LogP contribution in [0.15, 0.2) is 60.7 Å². The van der Waals surface area contributed by atoms with Crippen LogP contribution >= 0.6 is 0 Å². The van der Waals surface area contributed by atoms with Crippen molar-refractivity contribution in [2.45, 2.75) is 45.8 Å². The zero-order valence-corrected chi connectivity index (χ0v) is 14.4. The first-order valence-corrected chi connectivity index (χ1v) is 8.41. The van der Waals surface area contributed by atoms with Crippen molar-refractivity contribution in [3.05, 3.63) is 71.8 Å². The maximum Gasteiger partial charge on any atom is 0.137 e. The van der Waals surface area contributed by atoms with Crippen LogP contribution in [0.5, 0.6) is 0 Å². The van der Waals surface area contributed by atoms with Crippen molar-refractivity contribution in [1.29, 1.82) is 0 Å². The van der Waals surface area contributed by atoms with Crippen LogP contribution in [0.1, 0.15) is 44.4 Å². The van der Waals surface area contributed by atoms with Gasteiger partial charge < -0.3 is 4.79 Å². The average Bonchev–Trinajstić information content (AvgIpc) is 2.59. The molecule has 0 bridgehead atoms. The molecule has 0 unspecified atom stereocenters. The molecule has 0 aliphatic heterocycles. The Bertz CT molecular complexity index is 579. The SMILES string of the molecule is CC(C)C[C@H](C=O)N(Cc1ccccc1)[C@H](C)c1ccccc1. The van der Waals surface area contributed by atoms with Crippen molar-refractivity contribution >= 4 is 6.29 Å². The van der Waals surface area contributed by atoms with Gasteiger partial charge in [0.2, 0.25) is 0 Å². The molecule has 2 heteroatoms. The standard InChI is InChI=1S/C21H27NO/c1-17(2)14-21(16-23)22(15-19-10-6-4-7-11-19)18(3)20-12-8-5-9-13-20/h4-13,16-18,21H,14-15H2,1-3H3/t18-,21-/m1/s1. The van der Waals surface area contributed by atoms with Gasteiger partial charge in [0.05, 0.1) is 6.04 Å². The highest BCUT2D eigenvalue weighted by Gasteiger charge is 2.25. The predicted octanol–water partition coefficient (Wildman–Crippen LogP) is 4.86. The van der Waals surface area contributed by atoms with Gasteiger partial charge in [0, 0.05) is 12.6 Å². The van der Waals surface area contributed by atoms with Gasteiger partial charge in [0.15, 0.2) is 0 Å². The predicted molar refractivity (Wildman–Crippen MR) is 96.1 cm³/mol. The van der Waals surface area contributed by atoms with Gasteiger partial charge in [-0.05, 0) is 30.4 Å². The Balaban J connectivity index is 2.27. The van der Waals surface area contributed by atoms with E-state index in [4.69, 9.17) is 0 Å². The fourth-order valence-electron chi connectivity index (χ4n) is 3.01. The zero-order chi connectivity index (χ0) is 16.7. The summed E-state index contributed by atoms with van der Waals surface area (Å²) in [6, 6.07) is 21.0. The summed E-state index contributed by atoms with van der Waals surface area (Å²) >= 11 is 0. The molecule has 2 aromatic rings.